The number of pyridine rings is 3. The largest absolute Gasteiger partial charge is 0.480 e. The van der Waals surface area contributed by atoms with Crippen LogP contribution in [0.4, 0.5) is 0 Å². The van der Waals surface area contributed by atoms with E-state index in [0.717, 1.165) is 15.6 Å². The van der Waals surface area contributed by atoms with Crippen molar-refractivity contribution in [1.82, 2.24) is 20.4 Å². The molecule has 3 aromatic carbocycles. The Balaban J connectivity index is 0.000000201. The van der Waals surface area contributed by atoms with Gasteiger partial charge >= 0.3 is 0 Å². The molecule has 7 rings (SSSR count). The van der Waals surface area contributed by atoms with Crippen LogP contribution in [0.25, 0.3) is 0 Å². The lowest BCUT2D eigenvalue weighted by Gasteiger charge is -2.22. The van der Waals surface area contributed by atoms with Gasteiger partial charge in [0.25, 0.3) is 0 Å². The summed E-state index contributed by atoms with van der Waals surface area (Å²) in [6.45, 7) is 0.291. The van der Waals surface area contributed by atoms with E-state index < -0.39 is 0 Å². The van der Waals surface area contributed by atoms with Gasteiger partial charge in [-0.1, -0.05) is 117 Å². The minimum Gasteiger partial charge on any atom is -0.480 e. The number of carbonyl (C=O) groups is 2. The fraction of sp³-hybridized carbons (Fsp3) is 0.156. The number of rotatable bonds is 13. The lowest BCUT2D eigenvalue weighted by atomic mass is 10.1. The standard InChI is InChI=1S/C15H14BrN3O3.C15H14BrN3O2.C8H7BrO.C7H8BrN3O2/c1-21-15-11(16)7-8-12(18-15)14(17)19-22-9-13(20)10-5-3-2-4-6-10;1-20-15-11(16)7-8-12(18-15)14-17-13(9-21-19-14)10-5-3-2-4-6-10;9-6-8(10)7-4-2-1-3-5-7;1-13-7-4(8)2-3-5(10-7)6(9)11-12/h2-8H,9H2,1H3,(H2,17,19);2-8,13H,9H2,1H3,(H,17,19);1-5H,6H2;2-3,12H,1H3,(H2,9,11). The molecule has 6 N–H and O–H groups in total. The topological polar surface area (TPSA) is 240 Å². The Morgan fingerprint density at radius 3 is 1.65 bits per heavy atom. The second kappa shape index (κ2) is 27.9. The Morgan fingerprint density at radius 1 is 0.682 bits per heavy atom. The van der Waals surface area contributed by atoms with Crippen LogP contribution in [-0.4, -0.2) is 89.1 Å². The zero-order valence-electron chi connectivity index (χ0n) is 35.5. The molecule has 0 saturated carbocycles. The molecule has 1 unspecified atom stereocenters. The van der Waals surface area contributed by atoms with Crippen molar-refractivity contribution < 1.29 is 38.7 Å². The first kappa shape index (κ1) is 52.4. The highest BCUT2D eigenvalue weighted by Crippen LogP contribution is 2.25. The van der Waals surface area contributed by atoms with Crippen LogP contribution in [-0.2, 0) is 9.68 Å². The quantitative estimate of drug-likeness (QED) is 0.0212. The van der Waals surface area contributed by atoms with Crippen molar-refractivity contribution in [3.05, 3.63) is 175 Å². The van der Waals surface area contributed by atoms with Crippen molar-refractivity contribution in [2.75, 3.05) is 39.9 Å². The summed E-state index contributed by atoms with van der Waals surface area (Å²) in [5.41, 5.74) is 17.8. The van der Waals surface area contributed by atoms with E-state index in [0.29, 0.717) is 67.0 Å². The minimum atomic E-state index is -0.196. The number of oxime groups is 2. The first-order chi connectivity index (χ1) is 31.9. The van der Waals surface area contributed by atoms with Crippen molar-refractivity contribution in [2.24, 2.45) is 26.8 Å². The summed E-state index contributed by atoms with van der Waals surface area (Å²) in [5, 5.41) is 15.3. The number of hydroxylamine groups is 1. The highest BCUT2D eigenvalue weighted by atomic mass is 79.9. The van der Waals surface area contributed by atoms with E-state index in [-0.39, 0.29) is 35.9 Å². The zero-order valence-corrected chi connectivity index (χ0v) is 41.8. The summed E-state index contributed by atoms with van der Waals surface area (Å²) in [4.78, 5) is 50.4. The van der Waals surface area contributed by atoms with Crippen LogP contribution in [0.5, 0.6) is 17.6 Å². The predicted molar refractivity (Wildman–Crippen MR) is 265 cm³/mol. The summed E-state index contributed by atoms with van der Waals surface area (Å²) < 4.78 is 17.4. The van der Waals surface area contributed by atoms with Crippen molar-refractivity contribution in [3.8, 4) is 17.6 Å². The van der Waals surface area contributed by atoms with E-state index in [1.165, 1.54) is 14.2 Å². The van der Waals surface area contributed by atoms with Crippen molar-refractivity contribution in [2.45, 2.75) is 6.04 Å². The van der Waals surface area contributed by atoms with Crippen LogP contribution >= 0.6 is 63.7 Å². The molecular formula is C45H43Br4N9O8. The highest BCUT2D eigenvalue weighted by molar-refractivity contribution is 9.11. The molecule has 0 amide bonds. The lowest BCUT2D eigenvalue weighted by Crippen LogP contribution is -2.33. The third-order valence-electron chi connectivity index (χ3n) is 8.45. The monoisotopic (exact) mass is 1150 g/mol. The van der Waals surface area contributed by atoms with Gasteiger partial charge in [0.05, 0.1) is 40.1 Å². The van der Waals surface area contributed by atoms with Crippen molar-refractivity contribution in [3.63, 3.8) is 0 Å². The van der Waals surface area contributed by atoms with Gasteiger partial charge in [-0.2, -0.15) is 0 Å². The Labute approximate surface area is 414 Å². The van der Waals surface area contributed by atoms with Crippen LogP contribution in [0.1, 0.15) is 49.4 Å². The summed E-state index contributed by atoms with van der Waals surface area (Å²) in [5.74, 6) is 1.84. The Kier molecular flexibility index (Phi) is 22.2. The van der Waals surface area contributed by atoms with Gasteiger partial charge < -0.3 is 35.7 Å². The molecule has 66 heavy (non-hydrogen) atoms. The first-order valence-electron chi connectivity index (χ1n) is 19.2. The number of nitrogens with zero attached hydrogens (tertiary/aromatic N) is 6. The summed E-state index contributed by atoms with van der Waals surface area (Å²) >= 11 is 13.0. The minimum absolute atomic E-state index is 0.0427. The number of ketones is 2. The van der Waals surface area contributed by atoms with Crippen molar-refractivity contribution >= 4 is 92.8 Å². The van der Waals surface area contributed by atoms with Gasteiger partial charge in [-0.3, -0.25) is 19.4 Å². The number of aromatic nitrogens is 3. The number of carbonyl (C=O) groups excluding carboxylic acids is 2. The SMILES string of the molecule is COc1nc(/C(N)=N/O)ccc1Br.COc1nc(/C(N)=N/OCC(=O)c2ccccc2)ccc1Br.COc1nc(C2=NC(c3ccccc3)CON2)ccc1Br.O=C(CBr)c1ccccc1. The second-order valence-electron chi connectivity index (χ2n) is 12.8. The Hall–Kier alpha value is -6.26. The molecule has 3 aromatic heterocycles. The smallest absolute Gasteiger partial charge is 0.228 e. The average Bonchev–Trinajstić information content (AvgIpc) is 3.37. The molecule has 4 heterocycles. The molecule has 0 bridgehead atoms. The van der Waals surface area contributed by atoms with Gasteiger partial charge in [0, 0.05) is 11.1 Å². The number of halogens is 4. The number of methoxy groups -OCH3 is 3. The van der Waals surface area contributed by atoms with E-state index in [1.54, 1.807) is 55.6 Å². The predicted octanol–water partition coefficient (Wildman–Crippen LogP) is 8.46. The number of nitrogens with one attached hydrogen (secondary N) is 1. The van der Waals surface area contributed by atoms with Gasteiger partial charge in [0.15, 0.2) is 29.9 Å². The molecular weight excluding hydrogens is 1110 g/mol. The Bertz CT molecular complexity index is 2600. The van der Waals surface area contributed by atoms with E-state index in [4.69, 9.17) is 40.6 Å². The van der Waals surface area contributed by atoms with Gasteiger partial charge in [-0.15, -0.1) is 0 Å². The van der Waals surface area contributed by atoms with Gasteiger partial charge in [0.1, 0.15) is 29.7 Å². The molecule has 1 atom stereocenters. The number of ether oxygens (including phenoxy) is 3. The third kappa shape index (κ3) is 16.3. The van der Waals surface area contributed by atoms with Crippen LogP contribution in [0.3, 0.4) is 0 Å². The molecule has 0 saturated heterocycles. The summed E-state index contributed by atoms with van der Waals surface area (Å²) in [6.07, 6.45) is 0. The number of alkyl halides is 1. The van der Waals surface area contributed by atoms with Gasteiger partial charge in [-0.25, -0.2) is 20.4 Å². The number of nitrogens with two attached hydrogens (primary N) is 2. The molecule has 17 nitrogen and oxygen atoms in total. The summed E-state index contributed by atoms with van der Waals surface area (Å²) in [7, 11) is 4.57. The van der Waals surface area contributed by atoms with Gasteiger partial charge in [0.2, 0.25) is 23.4 Å². The van der Waals surface area contributed by atoms with E-state index in [1.807, 2.05) is 78.9 Å². The number of amidine groups is 3. The third-order valence-corrected chi connectivity index (χ3v) is 10.8. The van der Waals surface area contributed by atoms with Crippen LogP contribution in [0.2, 0.25) is 0 Å². The van der Waals surface area contributed by atoms with Gasteiger partial charge in [-0.05, 0) is 89.8 Å². The second-order valence-corrected chi connectivity index (χ2v) is 16.0. The highest BCUT2D eigenvalue weighted by Gasteiger charge is 2.20. The first-order valence-corrected chi connectivity index (χ1v) is 22.7. The lowest BCUT2D eigenvalue weighted by molar-refractivity contribution is 0.0620. The maximum absolute atomic E-state index is 11.8. The molecule has 0 radical (unpaired) electrons. The average molecular weight is 1160 g/mol. The number of Topliss-reactive ketones (excluding diaryl/α,β-unsaturated/α-hetero) is 2. The van der Waals surface area contributed by atoms with Crippen molar-refractivity contribution in [1.29, 1.82) is 0 Å². The van der Waals surface area contributed by atoms with E-state index in [9.17, 15) is 9.59 Å². The molecule has 6 aromatic rings. The van der Waals surface area contributed by atoms with Crippen LogP contribution < -0.4 is 31.2 Å². The molecule has 0 spiro atoms. The number of aliphatic imine (C=N–C) groups is 1. The fourth-order valence-corrected chi connectivity index (χ4v) is 6.63. The van der Waals surface area contributed by atoms with E-state index in [2.05, 4.69) is 99.5 Å². The molecule has 344 valence electrons. The zero-order chi connectivity index (χ0) is 47.8. The maximum atomic E-state index is 11.8. The maximum Gasteiger partial charge on any atom is 0.228 e. The normalized spacial score (nSPS) is 13.0. The molecule has 0 fully saturated rings. The number of hydrogen-bond donors (Lipinski definition) is 4. The molecule has 0 aliphatic carbocycles. The number of benzene rings is 3. The Morgan fingerprint density at radius 2 is 1.15 bits per heavy atom. The molecule has 1 aliphatic rings. The number of hydrogen-bond acceptors (Lipinski definition) is 15. The van der Waals surface area contributed by atoms with E-state index >= 15 is 0 Å². The fourth-order valence-electron chi connectivity index (χ4n) is 5.16. The molecule has 1 aliphatic heterocycles. The summed E-state index contributed by atoms with van der Waals surface area (Å²) in [6, 6.07) is 38.5. The van der Waals surface area contributed by atoms with Crippen LogP contribution in [0.15, 0.2) is 156 Å². The molecule has 21 heteroatoms. The van der Waals surface area contributed by atoms with Crippen LogP contribution in [0, 0.1) is 0 Å².